The van der Waals surface area contributed by atoms with Crippen molar-refractivity contribution < 1.29 is 9.53 Å². The molecule has 1 saturated heterocycles. The van der Waals surface area contributed by atoms with Crippen LogP contribution in [0, 0.1) is 5.92 Å². The van der Waals surface area contributed by atoms with Gasteiger partial charge in [-0.1, -0.05) is 19.8 Å². The molecule has 1 heterocycles. The third kappa shape index (κ3) is 4.94. The van der Waals surface area contributed by atoms with E-state index in [1.165, 1.54) is 12.8 Å². The van der Waals surface area contributed by atoms with Crippen molar-refractivity contribution in [3.8, 4) is 0 Å². The summed E-state index contributed by atoms with van der Waals surface area (Å²) in [6.45, 7) is 7.07. The molecule has 1 unspecified atom stereocenters. The highest BCUT2D eigenvalue weighted by Gasteiger charge is 2.23. The maximum absolute atomic E-state index is 12.2. The number of nitrogens with zero attached hydrogens (tertiary/aromatic N) is 1. The van der Waals surface area contributed by atoms with Crippen LogP contribution in [0.15, 0.2) is 0 Å². The highest BCUT2D eigenvalue weighted by Crippen LogP contribution is 2.18. The number of ether oxygens (including phenoxy) is 1. The summed E-state index contributed by atoms with van der Waals surface area (Å²) in [4.78, 5) is 14.1. The Balaban J connectivity index is 2.33. The van der Waals surface area contributed by atoms with Gasteiger partial charge in [0.05, 0.1) is 19.3 Å². The Kier molecular flexibility index (Phi) is 7.28. The monoisotopic (exact) mass is 256 g/mol. The number of hydrogen-bond donors (Lipinski definition) is 1. The van der Waals surface area contributed by atoms with Crippen LogP contribution in [0.1, 0.15) is 46.0 Å². The molecule has 2 atom stereocenters. The van der Waals surface area contributed by atoms with Gasteiger partial charge < -0.3 is 15.4 Å². The normalized spacial score (nSPS) is 21.9. The van der Waals surface area contributed by atoms with Crippen molar-refractivity contribution in [2.24, 2.45) is 11.7 Å². The molecule has 4 nitrogen and oxygen atoms in total. The molecule has 1 rings (SSSR count). The molecule has 0 bridgehead atoms. The Hall–Kier alpha value is -0.610. The van der Waals surface area contributed by atoms with Crippen molar-refractivity contribution in [1.29, 1.82) is 0 Å². The predicted octanol–water partition coefficient (Wildman–Crippen LogP) is 1.78. The average molecular weight is 256 g/mol. The highest BCUT2D eigenvalue weighted by atomic mass is 16.5. The number of carbonyl (C=O) groups excluding carboxylic acids is 1. The Morgan fingerprint density at radius 2 is 2.22 bits per heavy atom. The van der Waals surface area contributed by atoms with E-state index in [2.05, 4.69) is 13.8 Å². The molecule has 4 heteroatoms. The van der Waals surface area contributed by atoms with Crippen LogP contribution in [0.25, 0.3) is 0 Å². The first-order valence-corrected chi connectivity index (χ1v) is 7.26. The summed E-state index contributed by atoms with van der Waals surface area (Å²) < 4.78 is 5.35. The molecular weight excluding hydrogens is 228 g/mol. The molecule has 18 heavy (non-hydrogen) atoms. The molecule has 0 radical (unpaired) electrons. The van der Waals surface area contributed by atoms with E-state index in [1.54, 1.807) is 0 Å². The minimum absolute atomic E-state index is 0.227. The second-order valence-electron chi connectivity index (χ2n) is 5.28. The lowest BCUT2D eigenvalue weighted by Gasteiger charge is -2.33. The van der Waals surface area contributed by atoms with Crippen molar-refractivity contribution >= 4 is 5.91 Å². The summed E-state index contributed by atoms with van der Waals surface area (Å²) in [6, 6.07) is 0.227. The molecule has 0 aromatic carbocycles. The molecule has 2 N–H and O–H groups in total. The molecule has 0 aromatic heterocycles. The van der Waals surface area contributed by atoms with Crippen molar-refractivity contribution in [2.45, 2.75) is 52.0 Å². The second kappa shape index (κ2) is 8.48. The predicted molar refractivity (Wildman–Crippen MR) is 73.3 cm³/mol. The van der Waals surface area contributed by atoms with E-state index >= 15 is 0 Å². The summed E-state index contributed by atoms with van der Waals surface area (Å²) in [5.74, 6) is 0.893. The second-order valence-corrected chi connectivity index (χ2v) is 5.28. The molecule has 0 aliphatic carbocycles. The Morgan fingerprint density at radius 3 is 2.83 bits per heavy atom. The van der Waals surface area contributed by atoms with Crippen LogP contribution in [-0.2, 0) is 9.53 Å². The van der Waals surface area contributed by atoms with Gasteiger partial charge in [0.2, 0.25) is 5.91 Å². The number of carbonyl (C=O) groups is 1. The first-order valence-electron chi connectivity index (χ1n) is 7.26. The van der Waals surface area contributed by atoms with E-state index < -0.39 is 0 Å². The SMILES string of the molecule is CCCC(CCN)CCC(=O)N1CCOC[C@H]1C. The molecule has 1 fully saturated rings. The lowest BCUT2D eigenvalue weighted by molar-refractivity contribution is -0.139. The van der Waals surface area contributed by atoms with Crippen LogP contribution < -0.4 is 5.73 Å². The van der Waals surface area contributed by atoms with Gasteiger partial charge >= 0.3 is 0 Å². The van der Waals surface area contributed by atoms with E-state index in [4.69, 9.17) is 10.5 Å². The van der Waals surface area contributed by atoms with Gasteiger partial charge in [0.1, 0.15) is 0 Å². The largest absolute Gasteiger partial charge is 0.377 e. The topological polar surface area (TPSA) is 55.6 Å². The zero-order chi connectivity index (χ0) is 13.4. The molecule has 0 aromatic rings. The minimum atomic E-state index is 0.227. The molecule has 106 valence electrons. The number of rotatable bonds is 7. The zero-order valence-electron chi connectivity index (χ0n) is 11.9. The molecule has 0 spiro atoms. The van der Waals surface area contributed by atoms with Gasteiger partial charge in [0, 0.05) is 13.0 Å². The van der Waals surface area contributed by atoms with Crippen LogP contribution in [0.4, 0.5) is 0 Å². The van der Waals surface area contributed by atoms with Crippen molar-refractivity contribution in [3.63, 3.8) is 0 Å². The Bertz CT molecular complexity index is 240. The third-order valence-electron chi connectivity index (χ3n) is 3.73. The van der Waals surface area contributed by atoms with Gasteiger partial charge in [-0.15, -0.1) is 0 Å². The standard InChI is InChI=1S/C14H28N2O2/c1-3-4-13(7-8-15)5-6-14(17)16-9-10-18-11-12(16)2/h12-13H,3-11,15H2,1-2H3/t12-,13?/m1/s1. The fraction of sp³-hybridized carbons (Fsp3) is 0.929. The molecule has 0 saturated carbocycles. The van der Waals surface area contributed by atoms with Gasteiger partial charge in [-0.2, -0.15) is 0 Å². The molecule has 1 aliphatic heterocycles. The van der Waals surface area contributed by atoms with Gasteiger partial charge in [0.25, 0.3) is 0 Å². The van der Waals surface area contributed by atoms with E-state index in [0.717, 1.165) is 25.9 Å². The fourth-order valence-electron chi connectivity index (χ4n) is 2.65. The van der Waals surface area contributed by atoms with E-state index in [1.807, 2.05) is 4.90 Å². The van der Waals surface area contributed by atoms with Gasteiger partial charge in [0.15, 0.2) is 0 Å². The maximum atomic E-state index is 12.2. The van der Waals surface area contributed by atoms with Crippen LogP contribution >= 0.6 is 0 Å². The lowest BCUT2D eigenvalue weighted by Crippen LogP contribution is -2.47. The van der Waals surface area contributed by atoms with Gasteiger partial charge in [-0.25, -0.2) is 0 Å². The fourth-order valence-corrected chi connectivity index (χ4v) is 2.65. The van der Waals surface area contributed by atoms with Crippen LogP contribution in [0.5, 0.6) is 0 Å². The van der Waals surface area contributed by atoms with E-state index in [0.29, 0.717) is 25.6 Å². The van der Waals surface area contributed by atoms with Crippen LogP contribution in [0.2, 0.25) is 0 Å². The summed E-state index contributed by atoms with van der Waals surface area (Å²) >= 11 is 0. The average Bonchev–Trinajstić information content (AvgIpc) is 2.36. The summed E-state index contributed by atoms with van der Waals surface area (Å²) in [5.41, 5.74) is 5.62. The smallest absolute Gasteiger partial charge is 0.222 e. The maximum Gasteiger partial charge on any atom is 0.222 e. The van der Waals surface area contributed by atoms with Crippen LogP contribution in [-0.4, -0.2) is 43.2 Å². The quantitative estimate of drug-likeness (QED) is 0.755. The Morgan fingerprint density at radius 1 is 1.44 bits per heavy atom. The third-order valence-corrected chi connectivity index (χ3v) is 3.73. The van der Waals surface area contributed by atoms with Gasteiger partial charge in [-0.05, 0) is 32.2 Å². The molecule has 1 amide bonds. The van der Waals surface area contributed by atoms with Crippen molar-refractivity contribution in [2.75, 3.05) is 26.3 Å². The van der Waals surface area contributed by atoms with Crippen LogP contribution in [0.3, 0.4) is 0 Å². The number of amides is 1. The summed E-state index contributed by atoms with van der Waals surface area (Å²) in [6.07, 6.45) is 5.04. The lowest BCUT2D eigenvalue weighted by atomic mass is 9.94. The number of morpholine rings is 1. The van der Waals surface area contributed by atoms with E-state index in [9.17, 15) is 4.79 Å². The summed E-state index contributed by atoms with van der Waals surface area (Å²) in [5, 5.41) is 0. The van der Waals surface area contributed by atoms with E-state index in [-0.39, 0.29) is 11.9 Å². The highest BCUT2D eigenvalue weighted by molar-refractivity contribution is 5.76. The number of hydrogen-bond acceptors (Lipinski definition) is 3. The van der Waals surface area contributed by atoms with Gasteiger partial charge in [-0.3, -0.25) is 4.79 Å². The first-order chi connectivity index (χ1) is 8.69. The summed E-state index contributed by atoms with van der Waals surface area (Å²) in [7, 11) is 0. The van der Waals surface area contributed by atoms with Crippen molar-refractivity contribution in [3.05, 3.63) is 0 Å². The van der Waals surface area contributed by atoms with Crippen molar-refractivity contribution in [1.82, 2.24) is 4.90 Å². The number of nitrogens with two attached hydrogens (primary N) is 1. The minimum Gasteiger partial charge on any atom is -0.377 e. The Labute approximate surface area is 111 Å². The first kappa shape index (κ1) is 15.4. The molecular formula is C14H28N2O2. The zero-order valence-corrected chi connectivity index (χ0v) is 11.9. The molecule has 1 aliphatic rings.